The molecule has 0 amide bonds. The maximum Gasteiger partial charge on any atom is 1.00 e. The maximum atomic E-state index is 9.08. The summed E-state index contributed by atoms with van der Waals surface area (Å²) in [6, 6.07) is 0. The first-order valence-electron chi connectivity index (χ1n) is 0.908. The van der Waals surface area contributed by atoms with Crippen molar-refractivity contribution in [1.82, 2.24) is 0 Å². The van der Waals surface area contributed by atoms with Crippen LogP contribution in [0, 0.1) is 0 Å². The molecule has 0 radical (unpaired) electrons. The fraction of sp³-hybridized carbons (Fsp3) is 1.00. The van der Waals surface area contributed by atoms with E-state index >= 15 is 0 Å². The Morgan fingerprint density at radius 1 is 1.25 bits per heavy atom. The molecular weight excluding hydrogens is 485 g/mol. The second kappa shape index (κ2) is 11.7. The smallest absolute Gasteiger partial charge is 1.00 e. The first kappa shape index (κ1) is 23.0. The summed E-state index contributed by atoms with van der Waals surface area (Å²) in [4.78, 5) is 0. The van der Waals surface area contributed by atoms with Gasteiger partial charge in [-0.15, -0.1) is 0 Å². The minimum absolute atomic E-state index is 0. The zero-order chi connectivity index (χ0) is 4.50. The van der Waals surface area contributed by atoms with Crippen LogP contribution in [0.4, 0.5) is 0 Å². The number of rotatable bonds is 0. The quantitative estimate of drug-likeness (QED) is 0.252. The minimum Gasteiger partial charge on any atom is -1.00 e. The van der Waals surface area contributed by atoms with Crippen LogP contribution in [0.5, 0.6) is 0 Å². The van der Waals surface area contributed by atoms with Crippen molar-refractivity contribution in [2.24, 2.45) is 0 Å². The minimum atomic E-state index is -3.92. The van der Waals surface area contributed by atoms with Crippen LogP contribution in [0.15, 0.2) is 0 Å². The van der Waals surface area contributed by atoms with Gasteiger partial charge in [-0.1, -0.05) is 0 Å². The summed E-state index contributed by atoms with van der Waals surface area (Å²) in [6.07, 6.45) is 0.604. The van der Waals surface area contributed by atoms with Gasteiger partial charge >= 0.3 is 138 Å². The fourth-order valence-electron chi connectivity index (χ4n) is 0. The zero-order valence-corrected chi connectivity index (χ0v) is 20.5. The van der Waals surface area contributed by atoms with Crippen LogP contribution in [0.25, 0.3) is 0 Å². The summed E-state index contributed by atoms with van der Waals surface area (Å²) in [5, 5.41) is 0. The summed E-state index contributed by atoms with van der Waals surface area (Å²) >= 11 is 0. The number of halogens is 1. The zero-order valence-electron chi connectivity index (χ0n) is 5.01. The average Bonchev–Trinajstić information content (AvgIpc) is 0.722. The molecular formula is CH3Cs2IO3S. The van der Waals surface area contributed by atoms with Crippen molar-refractivity contribution in [2.75, 3.05) is 6.26 Å². The Hall–Kier alpha value is 4.74. The molecule has 0 fully saturated rings. The van der Waals surface area contributed by atoms with Crippen molar-refractivity contribution in [2.45, 2.75) is 0 Å². The Bertz CT molecular complexity index is 100. The molecule has 0 aliphatic rings. The normalized spacial score (nSPS) is 7.25. The van der Waals surface area contributed by atoms with Crippen LogP contribution in [-0.4, -0.2) is 19.2 Å². The van der Waals surface area contributed by atoms with E-state index in [0.717, 1.165) is 0 Å². The maximum absolute atomic E-state index is 9.08. The molecule has 0 heterocycles. The van der Waals surface area contributed by atoms with E-state index in [0.29, 0.717) is 6.26 Å². The van der Waals surface area contributed by atoms with Crippen molar-refractivity contribution >= 4 is 10.1 Å². The van der Waals surface area contributed by atoms with Gasteiger partial charge in [-0.05, 0) is 0 Å². The molecule has 0 aliphatic heterocycles. The Morgan fingerprint density at radius 3 is 1.25 bits per heavy atom. The van der Waals surface area contributed by atoms with Gasteiger partial charge in [0.2, 0.25) is 0 Å². The van der Waals surface area contributed by atoms with E-state index in [9.17, 15) is 0 Å². The predicted octanol–water partition coefficient (Wildman–Crippen LogP) is -9.83. The summed E-state index contributed by atoms with van der Waals surface area (Å²) in [6.45, 7) is 0. The van der Waals surface area contributed by atoms with Crippen LogP contribution >= 0.6 is 0 Å². The molecule has 0 aromatic heterocycles. The van der Waals surface area contributed by atoms with E-state index in [-0.39, 0.29) is 162 Å². The molecule has 0 N–H and O–H groups in total. The van der Waals surface area contributed by atoms with Gasteiger partial charge in [-0.3, -0.25) is 0 Å². The van der Waals surface area contributed by atoms with E-state index in [4.69, 9.17) is 13.0 Å². The van der Waals surface area contributed by atoms with Crippen LogP contribution in [0.3, 0.4) is 0 Å². The summed E-state index contributed by atoms with van der Waals surface area (Å²) in [5.41, 5.74) is 0. The van der Waals surface area contributed by atoms with E-state index < -0.39 is 10.1 Å². The molecule has 3 nitrogen and oxygen atoms in total. The molecule has 7 heteroatoms. The van der Waals surface area contributed by atoms with Gasteiger partial charge < -0.3 is 28.5 Å². The van der Waals surface area contributed by atoms with E-state index in [1.54, 1.807) is 0 Å². The molecule has 0 rings (SSSR count). The van der Waals surface area contributed by atoms with Gasteiger partial charge in [0, 0.05) is 6.26 Å². The molecule has 0 aliphatic carbocycles. The summed E-state index contributed by atoms with van der Waals surface area (Å²) in [7, 11) is -3.92. The molecule has 0 atom stereocenters. The molecule has 0 spiro atoms. The molecule has 0 aromatic carbocycles. The molecule has 0 unspecified atom stereocenters. The van der Waals surface area contributed by atoms with Crippen LogP contribution < -0.4 is 162 Å². The Balaban J connectivity index is -0.0000000267. The standard InChI is InChI=1S/CH4O3S.2Cs.HI/c1-5(2,3)4;;;/h1H3,(H,2,3,4);;;1H/q;2*+1;/p-2. The van der Waals surface area contributed by atoms with Gasteiger partial charge in [0.25, 0.3) is 0 Å². The SMILES string of the molecule is CS(=O)(=O)[O-].[Cs+].[Cs+].[I-]. The van der Waals surface area contributed by atoms with Gasteiger partial charge in [-0.25, -0.2) is 8.42 Å². The Kier molecular flexibility index (Phi) is 33.7. The van der Waals surface area contributed by atoms with Crippen LogP contribution in [-0.2, 0) is 10.1 Å². The molecule has 40 valence electrons. The first-order valence-corrected chi connectivity index (χ1v) is 2.72. The molecule has 8 heavy (non-hydrogen) atoms. The number of hydrogen-bond acceptors (Lipinski definition) is 3. The summed E-state index contributed by atoms with van der Waals surface area (Å²) < 4.78 is 27.2. The Morgan fingerprint density at radius 2 is 1.25 bits per heavy atom. The van der Waals surface area contributed by atoms with Crippen LogP contribution in [0.2, 0.25) is 0 Å². The second-order valence-electron chi connectivity index (χ2n) is 0.704. The van der Waals surface area contributed by atoms with Crippen molar-refractivity contribution in [3.63, 3.8) is 0 Å². The van der Waals surface area contributed by atoms with Gasteiger partial charge in [0.15, 0.2) is 0 Å². The topological polar surface area (TPSA) is 57.2 Å². The number of hydrogen-bond donors (Lipinski definition) is 0. The van der Waals surface area contributed by atoms with Crippen molar-refractivity contribution in [1.29, 1.82) is 0 Å². The third kappa shape index (κ3) is 45.3. The van der Waals surface area contributed by atoms with Crippen LogP contribution in [0.1, 0.15) is 0 Å². The Labute approximate surface area is 184 Å². The first-order chi connectivity index (χ1) is 2.00. The van der Waals surface area contributed by atoms with E-state index in [2.05, 4.69) is 0 Å². The van der Waals surface area contributed by atoms with E-state index in [1.165, 1.54) is 0 Å². The average molecular weight is 488 g/mol. The summed E-state index contributed by atoms with van der Waals surface area (Å²) in [5.74, 6) is 0. The van der Waals surface area contributed by atoms with E-state index in [1.807, 2.05) is 0 Å². The van der Waals surface area contributed by atoms with Crippen molar-refractivity contribution in [3.05, 3.63) is 0 Å². The largest absolute Gasteiger partial charge is 1.00 e. The fourth-order valence-corrected chi connectivity index (χ4v) is 0. The predicted molar refractivity (Wildman–Crippen MR) is 15.6 cm³/mol. The molecule has 0 saturated heterocycles. The monoisotopic (exact) mass is 488 g/mol. The second-order valence-corrected chi connectivity index (χ2v) is 2.11. The third-order valence-corrected chi connectivity index (χ3v) is 0. The van der Waals surface area contributed by atoms with Crippen molar-refractivity contribution < 1.29 is 175 Å². The molecule has 0 bridgehead atoms. The van der Waals surface area contributed by atoms with Gasteiger partial charge in [0.1, 0.15) is 0 Å². The van der Waals surface area contributed by atoms with Crippen molar-refractivity contribution in [3.8, 4) is 0 Å². The molecule has 0 saturated carbocycles. The van der Waals surface area contributed by atoms with Gasteiger partial charge in [0.05, 0.1) is 10.1 Å². The third-order valence-electron chi connectivity index (χ3n) is 0. The molecule has 0 aromatic rings. The van der Waals surface area contributed by atoms with Gasteiger partial charge in [-0.2, -0.15) is 0 Å².